The molecule has 2 fully saturated rings. The van der Waals surface area contributed by atoms with E-state index < -0.39 is 5.41 Å². The topological polar surface area (TPSA) is 109 Å². The quantitative estimate of drug-likeness (QED) is 0.372. The Morgan fingerprint density at radius 3 is 2.68 bits per heavy atom. The number of piperidine rings is 1. The summed E-state index contributed by atoms with van der Waals surface area (Å²) in [7, 11) is 0. The fourth-order valence-corrected chi connectivity index (χ4v) is 5.08. The maximum Gasteiger partial charge on any atom is 0.312 e. The van der Waals surface area contributed by atoms with Gasteiger partial charge in [-0.15, -0.1) is 0 Å². The van der Waals surface area contributed by atoms with Crippen LogP contribution >= 0.6 is 11.6 Å². The highest BCUT2D eigenvalue weighted by molar-refractivity contribution is 6.29. The van der Waals surface area contributed by atoms with Gasteiger partial charge in [0.2, 0.25) is 5.91 Å². The van der Waals surface area contributed by atoms with Crippen LogP contribution in [0.4, 0.5) is 5.82 Å². The van der Waals surface area contributed by atoms with E-state index in [2.05, 4.69) is 25.5 Å². The number of hydrogen-bond donors (Lipinski definition) is 2. The van der Waals surface area contributed by atoms with Crippen LogP contribution in [0, 0.1) is 11.3 Å². The number of anilines is 1. The second-order valence-electron chi connectivity index (χ2n) is 11.0. The average molecular weight is 537 g/mol. The van der Waals surface area contributed by atoms with E-state index in [1.165, 1.54) is 0 Å². The third kappa shape index (κ3) is 5.89. The third-order valence-electron chi connectivity index (χ3n) is 7.10. The highest BCUT2D eigenvalue weighted by Gasteiger charge is 2.34. The van der Waals surface area contributed by atoms with Crippen LogP contribution in [-0.4, -0.2) is 58.7 Å². The lowest BCUT2D eigenvalue weighted by Crippen LogP contribution is -2.44. The van der Waals surface area contributed by atoms with Gasteiger partial charge in [0.25, 0.3) is 0 Å². The summed E-state index contributed by atoms with van der Waals surface area (Å²) in [5.41, 5.74) is 1.14. The Morgan fingerprint density at radius 1 is 1.16 bits per heavy atom. The van der Waals surface area contributed by atoms with E-state index in [-0.39, 0.29) is 30.1 Å². The first kappa shape index (κ1) is 26.3. The summed E-state index contributed by atoms with van der Waals surface area (Å²) in [6.45, 7) is 7.51. The fraction of sp³-hybridized carbons (Fsp3) is 0.464. The van der Waals surface area contributed by atoms with Gasteiger partial charge in [-0.1, -0.05) is 11.6 Å². The van der Waals surface area contributed by atoms with E-state index in [0.717, 1.165) is 53.8 Å². The van der Waals surface area contributed by atoms with Crippen molar-refractivity contribution in [2.45, 2.75) is 52.3 Å². The highest BCUT2D eigenvalue weighted by Crippen LogP contribution is 2.32. The molecule has 2 saturated heterocycles. The first-order valence-electron chi connectivity index (χ1n) is 13.0. The summed E-state index contributed by atoms with van der Waals surface area (Å²) in [6, 6.07) is 7.64. The molecule has 38 heavy (non-hydrogen) atoms. The summed E-state index contributed by atoms with van der Waals surface area (Å²) in [5.74, 6) is 0.622. The van der Waals surface area contributed by atoms with Crippen molar-refractivity contribution in [1.82, 2.24) is 25.6 Å². The fourth-order valence-electron chi connectivity index (χ4n) is 4.91. The molecule has 2 N–H and O–H groups in total. The molecule has 5 rings (SSSR count). The van der Waals surface area contributed by atoms with Gasteiger partial charge in [0.05, 0.1) is 11.1 Å². The van der Waals surface area contributed by atoms with Gasteiger partial charge >= 0.3 is 5.97 Å². The standard InChI is InChI=1S/C28H33ClN6O3/c1-28(2,3)27(37)38-24-14-20(16-32-24)33-26(36)17-6-10-35(11-7-17)25-21-5-8-30-15-19(21)12-22(34-25)18-4-9-31-23(29)13-18/h4-5,8-9,12-13,15,17,20,24,32H,6-7,10-11,14,16H2,1-3H3,(H,33,36)/t20-,24?/m0/s1. The number of pyridine rings is 3. The number of rotatable bonds is 5. The smallest absolute Gasteiger partial charge is 0.312 e. The molecule has 200 valence electrons. The number of ether oxygens (including phenoxy) is 1. The Morgan fingerprint density at radius 2 is 1.95 bits per heavy atom. The Hall–Kier alpha value is -3.30. The van der Waals surface area contributed by atoms with Crippen molar-refractivity contribution in [3.8, 4) is 11.3 Å². The first-order valence-corrected chi connectivity index (χ1v) is 13.4. The number of esters is 1. The summed E-state index contributed by atoms with van der Waals surface area (Å²) < 4.78 is 5.55. The van der Waals surface area contributed by atoms with E-state index in [9.17, 15) is 9.59 Å². The zero-order chi connectivity index (χ0) is 26.9. The van der Waals surface area contributed by atoms with Crippen LogP contribution in [0.25, 0.3) is 22.0 Å². The van der Waals surface area contributed by atoms with Crippen LogP contribution in [0.2, 0.25) is 5.15 Å². The van der Waals surface area contributed by atoms with Gasteiger partial charge in [-0.25, -0.2) is 9.97 Å². The number of nitrogens with one attached hydrogen (secondary N) is 2. The van der Waals surface area contributed by atoms with Crippen molar-refractivity contribution < 1.29 is 14.3 Å². The summed E-state index contributed by atoms with van der Waals surface area (Å²) in [5, 5.41) is 8.79. The van der Waals surface area contributed by atoms with E-state index in [1.807, 2.05) is 45.2 Å². The Kier molecular flexibility index (Phi) is 7.49. The van der Waals surface area contributed by atoms with Crippen LogP contribution in [0.1, 0.15) is 40.0 Å². The molecule has 1 amide bonds. The molecule has 5 heterocycles. The second kappa shape index (κ2) is 10.8. The number of hydrogen-bond acceptors (Lipinski definition) is 8. The van der Waals surface area contributed by atoms with Crippen LogP contribution in [0.5, 0.6) is 0 Å². The zero-order valence-electron chi connectivity index (χ0n) is 21.9. The van der Waals surface area contributed by atoms with Gasteiger partial charge in [0.1, 0.15) is 11.0 Å². The van der Waals surface area contributed by atoms with Gasteiger partial charge in [-0.3, -0.25) is 19.9 Å². The van der Waals surface area contributed by atoms with Crippen molar-refractivity contribution in [2.75, 3.05) is 24.5 Å². The predicted octanol–water partition coefficient (Wildman–Crippen LogP) is 3.96. The molecule has 0 radical (unpaired) electrons. The van der Waals surface area contributed by atoms with Gasteiger partial charge < -0.3 is 15.0 Å². The van der Waals surface area contributed by atoms with Crippen LogP contribution in [-0.2, 0) is 14.3 Å². The summed E-state index contributed by atoms with van der Waals surface area (Å²) in [6.07, 6.45) is 6.95. The first-order chi connectivity index (χ1) is 18.2. The molecule has 0 aromatic carbocycles. The average Bonchev–Trinajstić information content (AvgIpc) is 3.34. The minimum atomic E-state index is -0.557. The molecule has 0 aliphatic carbocycles. The van der Waals surface area contributed by atoms with E-state index >= 15 is 0 Å². The van der Waals surface area contributed by atoms with Crippen molar-refractivity contribution in [3.05, 3.63) is 48.0 Å². The minimum absolute atomic E-state index is 0.0553. The number of carbonyl (C=O) groups is 2. The number of aromatic nitrogens is 3. The Balaban J connectivity index is 1.22. The molecule has 3 aromatic rings. The molecule has 0 saturated carbocycles. The molecule has 9 nitrogen and oxygen atoms in total. The minimum Gasteiger partial charge on any atom is -0.446 e. The second-order valence-corrected chi connectivity index (χ2v) is 11.4. The number of nitrogens with zero attached hydrogens (tertiary/aromatic N) is 4. The largest absolute Gasteiger partial charge is 0.446 e. The normalized spacial score (nSPS) is 20.5. The van der Waals surface area contributed by atoms with Gasteiger partial charge in [0.15, 0.2) is 6.23 Å². The lowest BCUT2D eigenvalue weighted by Gasteiger charge is -2.33. The van der Waals surface area contributed by atoms with E-state index in [1.54, 1.807) is 18.5 Å². The van der Waals surface area contributed by atoms with Gasteiger partial charge in [0, 0.05) is 72.9 Å². The van der Waals surface area contributed by atoms with E-state index in [4.69, 9.17) is 21.3 Å². The molecule has 1 unspecified atom stereocenters. The Bertz CT molecular complexity index is 1340. The SMILES string of the molecule is CC(C)(C)C(=O)OC1C[C@H](NC(=O)C2CCN(c3nc(-c4ccnc(Cl)c4)cc4cnccc34)CC2)CN1. The number of carbonyl (C=O) groups excluding carboxylic acids is 2. The van der Waals surface area contributed by atoms with Crippen molar-refractivity contribution in [2.24, 2.45) is 11.3 Å². The maximum absolute atomic E-state index is 13.1. The lowest BCUT2D eigenvalue weighted by atomic mass is 9.95. The predicted molar refractivity (Wildman–Crippen MR) is 147 cm³/mol. The number of amides is 1. The molecule has 2 aliphatic heterocycles. The lowest BCUT2D eigenvalue weighted by molar-refractivity contribution is -0.159. The molecule has 0 spiro atoms. The maximum atomic E-state index is 13.1. The molecule has 3 aromatic heterocycles. The molecular formula is C28H33ClN6O3. The monoisotopic (exact) mass is 536 g/mol. The molecule has 0 bridgehead atoms. The summed E-state index contributed by atoms with van der Waals surface area (Å²) in [4.78, 5) is 40.9. The Labute approximate surface area is 227 Å². The molecule has 2 atom stereocenters. The van der Waals surface area contributed by atoms with Crippen molar-refractivity contribution >= 4 is 40.1 Å². The third-order valence-corrected chi connectivity index (χ3v) is 7.30. The number of halogens is 1. The molecule has 2 aliphatic rings. The highest BCUT2D eigenvalue weighted by atomic mass is 35.5. The molecular weight excluding hydrogens is 504 g/mol. The van der Waals surface area contributed by atoms with Crippen molar-refractivity contribution in [1.29, 1.82) is 0 Å². The van der Waals surface area contributed by atoms with Crippen LogP contribution in [0.15, 0.2) is 42.9 Å². The van der Waals surface area contributed by atoms with Gasteiger partial charge in [-0.05, 0) is 57.9 Å². The zero-order valence-corrected chi connectivity index (χ0v) is 22.7. The van der Waals surface area contributed by atoms with Crippen LogP contribution in [0.3, 0.4) is 0 Å². The van der Waals surface area contributed by atoms with Crippen molar-refractivity contribution in [3.63, 3.8) is 0 Å². The van der Waals surface area contributed by atoms with E-state index in [0.29, 0.717) is 18.1 Å². The van der Waals surface area contributed by atoms with Gasteiger partial charge in [-0.2, -0.15) is 0 Å². The summed E-state index contributed by atoms with van der Waals surface area (Å²) >= 11 is 6.13. The molecule has 10 heteroatoms. The van der Waals surface area contributed by atoms with Crippen LogP contribution < -0.4 is 15.5 Å². The number of fused-ring (bicyclic) bond motifs is 1.